The Balaban J connectivity index is 2.19. The van der Waals surface area contributed by atoms with Crippen molar-refractivity contribution in [1.82, 2.24) is 0 Å². The normalized spacial score (nSPS) is 13.9. The van der Waals surface area contributed by atoms with Gasteiger partial charge in [0.1, 0.15) is 11.6 Å². The van der Waals surface area contributed by atoms with Crippen LogP contribution < -0.4 is 5.32 Å². The smallest absolute Gasteiger partial charge is 0.131 e. The van der Waals surface area contributed by atoms with Crippen LogP contribution in [0.15, 0.2) is 36.4 Å². The predicted molar refractivity (Wildman–Crippen MR) is 68.6 cm³/mol. The fraction of sp³-hybridized carbons (Fsp3) is 0.200. The van der Waals surface area contributed by atoms with Crippen molar-refractivity contribution in [1.29, 1.82) is 0 Å². The Morgan fingerprint density at radius 3 is 2.78 bits per heavy atom. The van der Waals surface area contributed by atoms with Crippen LogP contribution in [0.5, 0.6) is 0 Å². The molecule has 0 saturated heterocycles. The SMILES string of the molecule is Fc1ccc(F)c(-c2cccc3c2CCCN3)c1. The van der Waals surface area contributed by atoms with Crippen LogP contribution in [0.25, 0.3) is 11.1 Å². The van der Waals surface area contributed by atoms with E-state index in [0.29, 0.717) is 5.56 Å². The first-order chi connectivity index (χ1) is 8.75. The third-order valence-electron chi connectivity index (χ3n) is 3.31. The van der Waals surface area contributed by atoms with E-state index in [2.05, 4.69) is 5.32 Å². The van der Waals surface area contributed by atoms with Gasteiger partial charge in [0.15, 0.2) is 0 Å². The molecule has 3 heteroatoms. The summed E-state index contributed by atoms with van der Waals surface area (Å²) in [5, 5.41) is 3.29. The molecule has 1 N–H and O–H groups in total. The van der Waals surface area contributed by atoms with Crippen molar-refractivity contribution in [2.75, 3.05) is 11.9 Å². The van der Waals surface area contributed by atoms with Gasteiger partial charge in [0.2, 0.25) is 0 Å². The zero-order valence-electron chi connectivity index (χ0n) is 9.84. The van der Waals surface area contributed by atoms with Gasteiger partial charge < -0.3 is 5.32 Å². The van der Waals surface area contributed by atoms with Crippen molar-refractivity contribution in [2.24, 2.45) is 0 Å². The van der Waals surface area contributed by atoms with Gasteiger partial charge in [-0.1, -0.05) is 12.1 Å². The second-order valence-electron chi connectivity index (χ2n) is 4.49. The predicted octanol–water partition coefficient (Wildman–Crippen LogP) is 3.99. The van der Waals surface area contributed by atoms with Crippen LogP contribution in [-0.4, -0.2) is 6.54 Å². The van der Waals surface area contributed by atoms with E-state index in [-0.39, 0.29) is 5.82 Å². The van der Waals surface area contributed by atoms with E-state index in [1.165, 1.54) is 12.1 Å². The van der Waals surface area contributed by atoms with Crippen LogP contribution in [0.2, 0.25) is 0 Å². The van der Waals surface area contributed by atoms with Crippen molar-refractivity contribution in [3.63, 3.8) is 0 Å². The summed E-state index contributed by atoms with van der Waals surface area (Å²) >= 11 is 0. The maximum Gasteiger partial charge on any atom is 0.131 e. The molecule has 0 bridgehead atoms. The van der Waals surface area contributed by atoms with Crippen LogP contribution in [0.3, 0.4) is 0 Å². The molecule has 2 aromatic rings. The first-order valence-corrected chi connectivity index (χ1v) is 6.07. The molecule has 0 aromatic heterocycles. The molecule has 1 heterocycles. The molecular weight excluding hydrogens is 232 g/mol. The van der Waals surface area contributed by atoms with E-state index < -0.39 is 5.82 Å². The Hall–Kier alpha value is -1.90. The Kier molecular flexibility index (Phi) is 2.74. The number of anilines is 1. The van der Waals surface area contributed by atoms with E-state index in [1.54, 1.807) is 0 Å². The highest BCUT2D eigenvalue weighted by molar-refractivity contribution is 5.75. The molecule has 0 saturated carbocycles. The lowest BCUT2D eigenvalue weighted by Crippen LogP contribution is -2.12. The van der Waals surface area contributed by atoms with Gasteiger partial charge in [-0.15, -0.1) is 0 Å². The number of benzene rings is 2. The Morgan fingerprint density at radius 2 is 1.89 bits per heavy atom. The Labute approximate surface area is 104 Å². The molecule has 3 rings (SSSR count). The minimum atomic E-state index is -0.409. The topological polar surface area (TPSA) is 12.0 Å². The van der Waals surface area contributed by atoms with Gasteiger partial charge in [0.25, 0.3) is 0 Å². The largest absolute Gasteiger partial charge is 0.385 e. The summed E-state index contributed by atoms with van der Waals surface area (Å²) in [6.07, 6.45) is 1.91. The Bertz CT molecular complexity index is 593. The minimum absolute atomic E-state index is 0.343. The van der Waals surface area contributed by atoms with Gasteiger partial charge in [0, 0.05) is 17.8 Å². The third-order valence-corrected chi connectivity index (χ3v) is 3.31. The molecule has 0 aliphatic carbocycles. The van der Waals surface area contributed by atoms with Gasteiger partial charge in [-0.2, -0.15) is 0 Å². The summed E-state index contributed by atoms with van der Waals surface area (Å²) in [5.74, 6) is -0.789. The van der Waals surface area contributed by atoms with Crippen LogP contribution in [0.4, 0.5) is 14.5 Å². The standard InChI is InChI=1S/C15H13F2N/c16-10-6-7-14(17)13(9-10)11-3-1-5-15-12(11)4-2-8-18-15/h1,3,5-7,9,18H,2,4,8H2. The van der Waals surface area contributed by atoms with Gasteiger partial charge in [-0.05, 0) is 48.2 Å². The van der Waals surface area contributed by atoms with E-state index in [9.17, 15) is 8.78 Å². The maximum atomic E-state index is 13.8. The quantitative estimate of drug-likeness (QED) is 0.801. The highest BCUT2D eigenvalue weighted by atomic mass is 19.1. The highest BCUT2D eigenvalue weighted by Crippen LogP contribution is 2.34. The monoisotopic (exact) mass is 245 g/mol. The van der Waals surface area contributed by atoms with Crippen molar-refractivity contribution < 1.29 is 8.78 Å². The lowest BCUT2D eigenvalue weighted by molar-refractivity contribution is 0.603. The fourth-order valence-electron chi connectivity index (χ4n) is 2.47. The molecule has 1 nitrogen and oxygen atoms in total. The van der Waals surface area contributed by atoms with Gasteiger partial charge in [-0.3, -0.25) is 0 Å². The summed E-state index contributed by atoms with van der Waals surface area (Å²) < 4.78 is 27.1. The van der Waals surface area contributed by atoms with E-state index in [1.807, 2.05) is 18.2 Å². The molecule has 0 unspecified atom stereocenters. The molecule has 1 aliphatic rings. The summed E-state index contributed by atoms with van der Waals surface area (Å²) in [7, 11) is 0. The van der Waals surface area contributed by atoms with Gasteiger partial charge >= 0.3 is 0 Å². The first-order valence-electron chi connectivity index (χ1n) is 6.07. The molecule has 18 heavy (non-hydrogen) atoms. The molecule has 0 radical (unpaired) electrons. The van der Waals surface area contributed by atoms with Crippen molar-refractivity contribution in [3.8, 4) is 11.1 Å². The highest BCUT2D eigenvalue weighted by Gasteiger charge is 2.16. The summed E-state index contributed by atoms with van der Waals surface area (Å²) in [6.45, 7) is 0.933. The summed E-state index contributed by atoms with van der Waals surface area (Å²) in [6, 6.07) is 9.29. The van der Waals surface area contributed by atoms with Crippen LogP contribution in [0.1, 0.15) is 12.0 Å². The summed E-state index contributed by atoms with van der Waals surface area (Å²) in [4.78, 5) is 0. The van der Waals surface area contributed by atoms with Gasteiger partial charge in [0.05, 0.1) is 0 Å². The minimum Gasteiger partial charge on any atom is -0.385 e. The number of rotatable bonds is 1. The first kappa shape index (κ1) is 11.2. The lowest BCUT2D eigenvalue weighted by atomic mass is 9.93. The number of nitrogens with one attached hydrogen (secondary N) is 1. The van der Waals surface area contributed by atoms with Crippen LogP contribution >= 0.6 is 0 Å². The Morgan fingerprint density at radius 1 is 1.00 bits per heavy atom. The van der Waals surface area contributed by atoms with Crippen LogP contribution in [-0.2, 0) is 6.42 Å². The summed E-state index contributed by atoms with van der Waals surface area (Å²) in [5.41, 5.74) is 3.24. The molecule has 1 aliphatic heterocycles. The molecule has 92 valence electrons. The number of halogens is 2. The molecule has 0 fully saturated rings. The molecule has 2 aromatic carbocycles. The number of hydrogen-bond acceptors (Lipinski definition) is 1. The molecular formula is C15H13F2N. The van der Waals surface area contributed by atoms with Gasteiger partial charge in [-0.25, -0.2) is 8.78 Å². The number of hydrogen-bond donors (Lipinski definition) is 1. The second kappa shape index (κ2) is 4.41. The second-order valence-corrected chi connectivity index (χ2v) is 4.49. The average Bonchev–Trinajstić information content (AvgIpc) is 2.41. The van der Waals surface area contributed by atoms with Crippen molar-refractivity contribution in [3.05, 3.63) is 53.6 Å². The third kappa shape index (κ3) is 1.86. The molecule has 0 atom stereocenters. The number of fused-ring (bicyclic) bond motifs is 1. The average molecular weight is 245 g/mol. The molecule has 0 spiro atoms. The van der Waals surface area contributed by atoms with Crippen molar-refractivity contribution >= 4 is 5.69 Å². The molecule has 0 amide bonds. The van der Waals surface area contributed by atoms with E-state index in [4.69, 9.17) is 0 Å². The van der Waals surface area contributed by atoms with Crippen molar-refractivity contribution in [2.45, 2.75) is 12.8 Å². The zero-order valence-corrected chi connectivity index (χ0v) is 9.84. The van der Waals surface area contributed by atoms with Crippen LogP contribution in [0, 0.1) is 11.6 Å². The van der Waals surface area contributed by atoms with E-state index >= 15 is 0 Å². The zero-order chi connectivity index (χ0) is 12.5. The lowest BCUT2D eigenvalue weighted by Gasteiger charge is -2.21. The van der Waals surface area contributed by atoms with E-state index in [0.717, 1.165) is 42.3 Å². The maximum absolute atomic E-state index is 13.8. The fourth-order valence-corrected chi connectivity index (χ4v) is 2.47.